The van der Waals surface area contributed by atoms with Crippen molar-refractivity contribution in [2.24, 2.45) is 0 Å². The molecule has 1 aliphatic heterocycles. The molecule has 74 valence electrons. The van der Waals surface area contributed by atoms with Crippen molar-refractivity contribution in [2.45, 2.75) is 6.04 Å². The van der Waals surface area contributed by atoms with Gasteiger partial charge in [-0.15, -0.1) is 0 Å². The number of rotatable bonds is 1. The van der Waals surface area contributed by atoms with E-state index in [0.29, 0.717) is 5.56 Å². The minimum absolute atomic E-state index is 0.0401. The Labute approximate surface area is 80.1 Å². The Morgan fingerprint density at radius 1 is 1.64 bits per heavy atom. The van der Waals surface area contributed by atoms with E-state index < -0.39 is 12.0 Å². The predicted molar refractivity (Wildman–Crippen MR) is 45.9 cm³/mol. The SMILES string of the molecule is O=C1COC[C@@H](c2cccnc2F)N1. The average Bonchev–Trinajstić information content (AvgIpc) is 2.18. The largest absolute Gasteiger partial charge is 0.369 e. The molecule has 2 rings (SSSR count). The predicted octanol–water partition coefficient (Wildman–Crippen LogP) is 0.408. The van der Waals surface area contributed by atoms with E-state index >= 15 is 0 Å². The molecule has 0 aliphatic carbocycles. The molecular formula is C9H9FN2O2. The van der Waals surface area contributed by atoms with Crippen LogP contribution in [-0.4, -0.2) is 24.1 Å². The molecule has 0 spiro atoms. The van der Waals surface area contributed by atoms with Crippen molar-refractivity contribution in [3.8, 4) is 0 Å². The molecule has 1 aliphatic rings. The normalized spacial score (nSPS) is 21.8. The van der Waals surface area contributed by atoms with Gasteiger partial charge >= 0.3 is 0 Å². The Hall–Kier alpha value is -1.49. The molecule has 0 unspecified atom stereocenters. The van der Waals surface area contributed by atoms with Gasteiger partial charge in [0, 0.05) is 11.8 Å². The lowest BCUT2D eigenvalue weighted by molar-refractivity contribution is -0.131. The first-order valence-electron chi connectivity index (χ1n) is 4.25. The Morgan fingerprint density at radius 3 is 3.21 bits per heavy atom. The maximum atomic E-state index is 13.2. The third-order valence-corrected chi connectivity index (χ3v) is 2.02. The number of nitrogens with zero attached hydrogens (tertiary/aromatic N) is 1. The molecular weight excluding hydrogens is 187 g/mol. The van der Waals surface area contributed by atoms with Gasteiger partial charge in [0.1, 0.15) is 6.61 Å². The van der Waals surface area contributed by atoms with Gasteiger partial charge in [-0.1, -0.05) is 6.07 Å². The van der Waals surface area contributed by atoms with Crippen molar-refractivity contribution in [1.82, 2.24) is 10.3 Å². The molecule has 1 N–H and O–H groups in total. The summed E-state index contributed by atoms with van der Waals surface area (Å²) in [4.78, 5) is 14.5. The maximum absolute atomic E-state index is 13.2. The van der Waals surface area contributed by atoms with E-state index in [1.165, 1.54) is 6.20 Å². The quantitative estimate of drug-likeness (QED) is 0.662. The Bertz CT molecular complexity index is 356. The van der Waals surface area contributed by atoms with Crippen LogP contribution in [0, 0.1) is 5.95 Å². The lowest BCUT2D eigenvalue weighted by atomic mass is 10.1. The number of carbonyl (C=O) groups excluding carboxylic acids is 1. The van der Waals surface area contributed by atoms with Crippen molar-refractivity contribution < 1.29 is 13.9 Å². The summed E-state index contributed by atoms with van der Waals surface area (Å²) in [7, 11) is 0. The number of nitrogens with one attached hydrogen (secondary N) is 1. The molecule has 0 radical (unpaired) electrons. The highest BCUT2D eigenvalue weighted by atomic mass is 19.1. The van der Waals surface area contributed by atoms with Gasteiger partial charge in [0.15, 0.2) is 0 Å². The molecule has 1 aromatic heterocycles. The highest BCUT2D eigenvalue weighted by Gasteiger charge is 2.22. The molecule has 0 aromatic carbocycles. The van der Waals surface area contributed by atoms with Crippen molar-refractivity contribution >= 4 is 5.91 Å². The summed E-state index contributed by atoms with van der Waals surface area (Å²) in [5, 5.41) is 2.63. The summed E-state index contributed by atoms with van der Waals surface area (Å²) in [6, 6.07) is 2.78. The van der Waals surface area contributed by atoms with E-state index in [1.807, 2.05) is 0 Å². The van der Waals surface area contributed by atoms with E-state index in [0.717, 1.165) is 0 Å². The van der Waals surface area contributed by atoms with Crippen molar-refractivity contribution in [3.63, 3.8) is 0 Å². The fourth-order valence-electron chi connectivity index (χ4n) is 1.37. The molecule has 4 nitrogen and oxygen atoms in total. The molecule has 1 amide bonds. The van der Waals surface area contributed by atoms with Crippen LogP contribution in [0.2, 0.25) is 0 Å². The smallest absolute Gasteiger partial charge is 0.246 e. The third kappa shape index (κ3) is 1.72. The fraction of sp³-hybridized carbons (Fsp3) is 0.333. The van der Waals surface area contributed by atoms with Crippen molar-refractivity contribution in [3.05, 3.63) is 29.8 Å². The van der Waals surface area contributed by atoms with Crippen LogP contribution in [0.4, 0.5) is 4.39 Å². The van der Waals surface area contributed by atoms with Crippen LogP contribution in [0.1, 0.15) is 11.6 Å². The Morgan fingerprint density at radius 2 is 2.50 bits per heavy atom. The molecule has 1 atom stereocenters. The average molecular weight is 196 g/mol. The van der Waals surface area contributed by atoms with Crippen LogP contribution < -0.4 is 5.32 Å². The van der Waals surface area contributed by atoms with E-state index in [4.69, 9.17) is 4.74 Å². The van der Waals surface area contributed by atoms with E-state index in [9.17, 15) is 9.18 Å². The zero-order chi connectivity index (χ0) is 9.97. The van der Waals surface area contributed by atoms with Crippen LogP contribution in [0.15, 0.2) is 18.3 Å². The van der Waals surface area contributed by atoms with Crippen LogP contribution >= 0.6 is 0 Å². The minimum Gasteiger partial charge on any atom is -0.369 e. The van der Waals surface area contributed by atoms with Gasteiger partial charge in [-0.2, -0.15) is 4.39 Å². The van der Waals surface area contributed by atoms with Gasteiger partial charge in [0.05, 0.1) is 12.6 Å². The molecule has 5 heteroatoms. The number of hydrogen-bond acceptors (Lipinski definition) is 3. The van der Waals surface area contributed by atoms with Crippen molar-refractivity contribution in [2.75, 3.05) is 13.2 Å². The van der Waals surface area contributed by atoms with E-state index in [-0.39, 0.29) is 19.1 Å². The van der Waals surface area contributed by atoms with Gasteiger partial charge < -0.3 is 10.1 Å². The zero-order valence-electron chi connectivity index (χ0n) is 7.37. The maximum Gasteiger partial charge on any atom is 0.246 e. The second kappa shape index (κ2) is 3.71. The molecule has 14 heavy (non-hydrogen) atoms. The topological polar surface area (TPSA) is 51.2 Å². The number of aromatic nitrogens is 1. The second-order valence-electron chi connectivity index (χ2n) is 3.02. The lowest BCUT2D eigenvalue weighted by Gasteiger charge is -2.23. The van der Waals surface area contributed by atoms with Crippen LogP contribution in [-0.2, 0) is 9.53 Å². The standard InChI is InChI=1S/C9H9FN2O2/c10-9-6(2-1-3-11-9)7-4-14-5-8(13)12-7/h1-3,7H,4-5H2,(H,12,13)/t7-/m0/s1. The summed E-state index contributed by atoms with van der Waals surface area (Å²) in [5.41, 5.74) is 0.362. The van der Waals surface area contributed by atoms with Gasteiger partial charge in [-0.05, 0) is 6.07 Å². The van der Waals surface area contributed by atoms with Gasteiger partial charge in [-0.25, -0.2) is 4.98 Å². The molecule has 1 fully saturated rings. The highest BCUT2D eigenvalue weighted by molar-refractivity contribution is 5.78. The van der Waals surface area contributed by atoms with Crippen molar-refractivity contribution in [1.29, 1.82) is 0 Å². The number of pyridine rings is 1. The summed E-state index contributed by atoms with van der Waals surface area (Å²) in [6.07, 6.45) is 1.37. The summed E-state index contributed by atoms with van der Waals surface area (Å²) in [6.45, 7) is 0.326. The first-order chi connectivity index (χ1) is 6.77. The van der Waals surface area contributed by atoms with Crippen LogP contribution in [0.5, 0.6) is 0 Å². The second-order valence-corrected chi connectivity index (χ2v) is 3.02. The van der Waals surface area contributed by atoms with Crippen LogP contribution in [0.25, 0.3) is 0 Å². The molecule has 2 heterocycles. The van der Waals surface area contributed by atoms with Crippen LogP contribution in [0.3, 0.4) is 0 Å². The molecule has 0 bridgehead atoms. The number of halogens is 1. The summed E-state index contributed by atoms with van der Waals surface area (Å²) >= 11 is 0. The number of amides is 1. The summed E-state index contributed by atoms with van der Waals surface area (Å²) in [5.74, 6) is -0.798. The lowest BCUT2D eigenvalue weighted by Crippen LogP contribution is -2.40. The number of hydrogen-bond donors (Lipinski definition) is 1. The number of carbonyl (C=O) groups is 1. The summed E-state index contributed by atoms with van der Waals surface area (Å²) < 4.78 is 18.2. The number of ether oxygens (including phenoxy) is 1. The monoisotopic (exact) mass is 196 g/mol. The highest BCUT2D eigenvalue weighted by Crippen LogP contribution is 2.17. The Kier molecular flexibility index (Phi) is 2.41. The Balaban J connectivity index is 2.22. The first kappa shape index (κ1) is 9.08. The molecule has 1 aromatic rings. The number of morpholine rings is 1. The third-order valence-electron chi connectivity index (χ3n) is 2.02. The van der Waals surface area contributed by atoms with E-state index in [2.05, 4.69) is 10.3 Å². The fourth-order valence-corrected chi connectivity index (χ4v) is 1.37. The van der Waals surface area contributed by atoms with Gasteiger partial charge in [-0.3, -0.25) is 4.79 Å². The van der Waals surface area contributed by atoms with E-state index in [1.54, 1.807) is 12.1 Å². The molecule has 1 saturated heterocycles. The minimum atomic E-state index is -0.566. The first-order valence-corrected chi connectivity index (χ1v) is 4.25. The zero-order valence-corrected chi connectivity index (χ0v) is 7.37. The molecule has 0 saturated carbocycles. The van der Waals surface area contributed by atoms with Gasteiger partial charge in [0.2, 0.25) is 11.9 Å². The van der Waals surface area contributed by atoms with Gasteiger partial charge in [0.25, 0.3) is 0 Å².